The van der Waals surface area contributed by atoms with Crippen LogP contribution in [0.15, 0.2) is 0 Å². The van der Waals surface area contributed by atoms with E-state index in [4.69, 9.17) is 10.2 Å². The molecule has 0 aromatic carbocycles. The number of hydrogen-bond acceptors (Lipinski definition) is 2. The third kappa shape index (κ3) is 9.53. The van der Waals surface area contributed by atoms with Crippen LogP contribution in [0.25, 0.3) is 0 Å². The Morgan fingerprint density at radius 2 is 0.941 bits per heavy atom. The molecule has 4 heteroatoms. The zero-order valence-corrected chi connectivity index (χ0v) is 12.2. The van der Waals surface area contributed by atoms with E-state index in [1.54, 1.807) is 0 Å². The number of likely N-dealkylation sites (N-methyl/N-ethyl adjacent to an activating group) is 2. The molecule has 104 valence electrons. The van der Waals surface area contributed by atoms with Gasteiger partial charge in [-0.05, 0) is 19.3 Å². The molecule has 0 aliphatic heterocycles. The van der Waals surface area contributed by atoms with Crippen LogP contribution >= 0.6 is 0 Å². The molecule has 0 aliphatic rings. The van der Waals surface area contributed by atoms with Crippen molar-refractivity contribution in [3.63, 3.8) is 0 Å². The van der Waals surface area contributed by atoms with Gasteiger partial charge in [0.05, 0.1) is 54.5 Å². The fraction of sp³-hybridized carbons (Fsp3) is 1.00. The van der Waals surface area contributed by atoms with Gasteiger partial charge in [0.1, 0.15) is 13.1 Å². The Hall–Kier alpha value is -0.160. The van der Waals surface area contributed by atoms with E-state index in [-0.39, 0.29) is 13.2 Å². The summed E-state index contributed by atoms with van der Waals surface area (Å²) in [6.07, 6.45) is 3.67. The number of hydrogen-bond donors (Lipinski definition) is 2. The van der Waals surface area contributed by atoms with Crippen molar-refractivity contribution in [2.24, 2.45) is 0 Å². The molecule has 0 radical (unpaired) electrons. The molecular weight excluding hydrogens is 216 g/mol. The Balaban J connectivity index is 3.58. The van der Waals surface area contributed by atoms with E-state index in [0.717, 1.165) is 35.1 Å². The lowest BCUT2D eigenvalue weighted by Crippen LogP contribution is -2.43. The van der Waals surface area contributed by atoms with Gasteiger partial charge >= 0.3 is 0 Å². The summed E-state index contributed by atoms with van der Waals surface area (Å²) in [7, 11) is 8.67. The first-order valence-electron chi connectivity index (χ1n) is 6.69. The van der Waals surface area contributed by atoms with Crippen molar-refractivity contribution in [3.8, 4) is 0 Å². The lowest BCUT2D eigenvalue weighted by molar-refractivity contribution is -0.892. The van der Waals surface area contributed by atoms with E-state index in [1.807, 2.05) is 0 Å². The normalized spacial score (nSPS) is 13.1. The number of rotatable bonds is 10. The topological polar surface area (TPSA) is 40.5 Å². The summed E-state index contributed by atoms with van der Waals surface area (Å²) in [6.45, 7) is 4.49. The standard InChI is InChI=1S/C13H32N2O2/c1-14(2,10-12-16)8-6-5-7-9-15(3,4)11-13-17/h16-17H,5-13H2,1-4H3/q+2. The van der Waals surface area contributed by atoms with Crippen molar-refractivity contribution in [2.45, 2.75) is 19.3 Å². The molecule has 0 unspecified atom stereocenters. The van der Waals surface area contributed by atoms with Gasteiger partial charge in [-0.15, -0.1) is 0 Å². The Kier molecular flexibility index (Phi) is 7.96. The molecule has 0 aromatic heterocycles. The summed E-state index contributed by atoms with van der Waals surface area (Å²) in [6, 6.07) is 0. The summed E-state index contributed by atoms with van der Waals surface area (Å²) in [5.74, 6) is 0. The number of aliphatic hydroxyl groups excluding tert-OH is 2. The van der Waals surface area contributed by atoms with Gasteiger partial charge in [0.2, 0.25) is 0 Å². The van der Waals surface area contributed by atoms with Crippen LogP contribution in [-0.4, -0.2) is 86.8 Å². The van der Waals surface area contributed by atoms with E-state index in [2.05, 4.69) is 28.2 Å². The van der Waals surface area contributed by atoms with Gasteiger partial charge in [-0.3, -0.25) is 0 Å². The number of unbranched alkanes of at least 4 members (excludes halogenated alkanes) is 2. The van der Waals surface area contributed by atoms with Crippen LogP contribution in [-0.2, 0) is 0 Å². The van der Waals surface area contributed by atoms with Crippen LogP contribution in [0.4, 0.5) is 0 Å². The Morgan fingerprint density at radius 1 is 0.588 bits per heavy atom. The van der Waals surface area contributed by atoms with E-state index in [1.165, 1.54) is 19.3 Å². The van der Waals surface area contributed by atoms with Crippen molar-refractivity contribution in [1.29, 1.82) is 0 Å². The van der Waals surface area contributed by atoms with Gasteiger partial charge in [0.15, 0.2) is 0 Å². The lowest BCUT2D eigenvalue weighted by atomic mass is 10.2. The van der Waals surface area contributed by atoms with Gasteiger partial charge < -0.3 is 19.2 Å². The molecule has 0 amide bonds. The monoisotopic (exact) mass is 248 g/mol. The molecule has 2 N–H and O–H groups in total. The van der Waals surface area contributed by atoms with Crippen LogP contribution < -0.4 is 0 Å². The summed E-state index contributed by atoms with van der Waals surface area (Å²) in [5.41, 5.74) is 0. The maximum absolute atomic E-state index is 8.93. The SMILES string of the molecule is C[N+](C)(CCO)CCCCC[N+](C)(C)CCO. The molecule has 0 aliphatic carbocycles. The molecule has 0 saturated carbocycles. The fourth-order valence-electron chi connectivity index (χ4n) is 2.02. The molecule has 0 aromatic rings. The Labute approximate surface area is 107 Å². The molecule has 0 saturated heterocycles. The second-order valence-electron chi connectivity index (χ2n) is 6.27. The molecule has 0 spiro atoms. The highest BCUT2D eigenvalue weighted by atomic mass is 16.3. The zero-order valence-electron chi connectivity index (χ0n) is 12.2. The van der Waals surface area contributed by atoms with E-state index in [9.17, 15) is 0 Å². The van der Waals surface area contributed by atoms with Crippen LogP contribution in [0.5, 0.6) is 0 Å². The van der Waals surface area contributed by atoms with Crippen LogP contribution in [0.1, 0.15) is 19.3 Å². The largest absolute Gasteiger partial charge is 0.391 e. The smallest absolute Gasteiger partial charge is 0.102 e. The van der Waals surface area contributed by atoms with Gasteiger partial charge in [-0.2, -0.15) is 0 Å². The van der Waals surface area contributed by atoms with Gasteiger partial charge in [0, 0.05) is 0 Å². The predicted octanol–water partition coefficient (Wildman–Crippen LogP) is 0.294. The van der Waals surface area contributed by atoms with Gasteiger partial charge in [-0.25, -0.2) is 0 Å². The maximum atomic E-state index is 8.93. The number of quaternary nitrogens is 2. The number of aliphatic hydroxyl groups is 2. The van der Waals surface area contributed by atoms with Gasteiger partial charge in [-0.1, -0.05) is 0 Å². The molecule has 0 fully saturated rings. The zero-order chi connectivity index (χ0) is 13.4. The fourth-order valence-corrected chi connectivity index (χ4v) is 2.02. The summed E-state index contributed by atoms with van der Waals surface area (Å²) >= 11 is 0. The molecule has 0 bridgehead atoms. The van der Waals surface area contributed by atoms with E-state index in [0.29, 0.717) is 0 Å². The minimum Gasteiger partial charge on any atom is -0.391 e. The molecule has 0 heterocycles. The molecular formula is C13H32N2O2+2. The molecule has 0 atom stereocenters. The van der Waals surface area contributed by atoms with Crippen molar-refractivity contribution >= 4 is 0 Å². The third-order valence-electron chi connectivity index (χ3n) is 3.44. The van der Waals surface area contributed by atoms with E-state index < -0.39 is 0 Å². The van der Waals surface area contributed by atoms with Crippen LogP contribution in [0.3, 0.4) is 0 Å². The van der Waals surface area contributed by atoms with Crippen molar-refractivity contribution < 1.29 is 19.2 Å². The number of nitrogens with zero attached hydrogens (tertiary/aromatic N) is 2. The third-order valence-corrected chi connectivity index (χ3v) is 3.44. The van der Waals surface area contributed by atoms with E-state index >= 15 is 0 Å². The second kappa shape index (κ2) is 8.03. The summed E-state index contributed by atoms with van der Waals surface area (Å²) in [5, 5.41) is 17.9. The molecule has 4 nitrogen and oxygen atoms in total. The lowest BCUT2D eigenvalue weighted by Gasteiger charge is -2.30. The minimum atomic E-state index is 0.271. The molecule has 17 heavy (non-hydrogen) atoms. The van der Waals surface area contributed by atoms with Gasteiger partial charge in [0.25, 0.3) is 0 Å². The first-order chi connectivity index (χ1) is 7.83. The Morgan fingerprint density at radius 3 is 1.24 bits per heavy atom. The van der Waals surface area contributed by atoms with Crippen LogP contribution in [0, 0.1) is 0 Å². The highest BCUT2D eigenvalue weighted by Crippen LogP contribution is 2.06. The molecule has 0 rings (SSSR count). The highest BCUT2D eigenvalue weighted by Gasteiger charge is 2.15. The van der Waals surface area contributed by atoms with Crippen molar-refractivity contribution in [1.82, 2.24) is 0 Å². The first-order valence-corrected chi connectivity index (χ1v) is 6.69. The quantitative estimate of drug-likeness (QED) is 0.431. The Bertz CT molecular complexity index is 174. The van der Waals surface area contributed by atoms with Crippen molar-refractivity contribution in [2.75, 3.05) is 67.6 Å². The maximum Gasteiger partial charge on any atom is 0.102 e. The average molecular weight is 248 g/mol. The summed E-state index contributed by atoms with van der Waals surface area (Å²) < 4.78 is 1.82. The summed E-state index contributed by atoms with van der Waals surface area (Å²) in [4.78, 5) is 0. The van der Waals surface area contributed by atoms with Crippen LogP contribution in [0.2, 0.25) is 0 Å². The predicted molar refractivity (Wildman–Crippen MR) is 71.7 cm³/mol. The first kappa shape index (κ1) is 16.8. The van der Waals surface area contributed by atoms with Crippen molar-refractivity contribution in [3.05, 3.63) is 0 Å². The second-order valence-corrected chi connectivity index (χ2v) is 6.27. The minimum absolute atomic E-state index is 0.271. The average Bonchev–Trinajstić information content (AvgIpc) is 2.16. The highest BCUT2D eigenvalue weighted by molar-refractivity contribution is 4.43.